The van der Waals surface area contributed by atoms with Gasteiger partial charge in [-0.25, -0.2) is 0 Å². The first-order chi connectivity index (χ1) is 8.58. The molecule has 1 N–H and O–H groups in total. The van der Waals surface area contributed by atoms with Gasteiger partial charge in [0.15, 0.2) is 0 Å². The number of aromatic nitrogens is 1. The highest BCUT2D eigenvalue weighted by Gasteiger charge is 2.09. The van der Waals surface area contributed by atoms with Gasteiger partial charge < -0.3 is 5.32 Å². The summed E-state index contributed by atoms with van der Waals surface area (Å²) in [6, 6.07) is 6.41. The van der Waals surface area contributed by atoms with Gasteiger partial charge in [-0.1, -0.05) is 23.2 Å². The van der Waals surface area contributed by atoms with E-state index in [2.05, 4.69) is 26.2 Å². The van der Waals surface area contributed by atoms with Crippen molar-refractivity contribution in [1.82, 2.24) is 4.98 Å². The summed E-state index contributed by atoms with van der Waals surface area (Å²) in [5.41, 5.74) is 1.08. The SMILES string of the molecule is O=C(Nc1ccncc1Br)c1ccc(Cl)c(Cl)c1. The van der Waals surface area contributed by atoms with Gasteiger partial charge >= 0.3 is 0 Å². The van der Waals surface area contributed by atoms with Crippen molar-refractivity contribution < 1.29 is 4.79 Å². The Labute approximate surface area is 122 Å². The molecule has 1 amide bonds. The van der Waals surface area contributed by atoms with Gasteiger partial charge in [0.2, 0.25) is 0 Å². The Hall–Kier alpha value is -1.10. The molecule has 0 fully saturated rings. The van der Waals surface area contributed by atoms with Crippen molar-refractivity contribution in [3.05, 3.63) is 56.7 Å². The molecule has 1 aromatic heterocycles. The van der Waals surface area contributed by atoms with Crippen LogP contribution in [-0.2, 0) is 0 Å². The molecule has 0 aliphatic rings. The summed E-state index contributed by atoms with van der Waals surface area (Å²) in [6.07, 6.45) is 3.19. The van der Waals surface area contributed by atoms with E-state index in [1.165, 1.54) is 6.07 Å². The maximum atomic E-state index is 12.0. The van der Waals surface area contributed by atoms with Gasteiger partial charge in [0.05, 0.1) is 20.2 Å². The Balaban J connectivity index is 2.22. The predicted octanol–water partition coefficient (Wildman–Crippen LogP) is 4.40. The Kier molecular flexibility index (Phi) is 4.22. The maximum absolute atomic E-state index is 12.0. The largest absolute Gasteiger partial charge is 0.321 e. The fourth-order valence-corrected chi connectivity index (χ4v) is 1.96. The molecule has 0 unspecified atom stereocenters. The van der Waals surface area contributed by atoms with Gasteiger partial charge in [-0.2, -0.15) is 0 Å². The highest BCUT2D eigenvalue weighted by atomic mass is 79.9. The Bertz CT molecular complexity index is 604. The normalized spacial score (nSPS) is 10.2. The van der Waals surface area contributed by atoms with E-state index in [0.717, 1.165) is 0 Å². The maximum Gasteiger partial charge on any atom is 0.255 e. The summed E-state index contributed by atoms with van der Waals surface area (Å²) in [7, 11) is 0. The highest BCUT2D eigenvalue weighted by molar-refractivity contribution is 9.10. The van der Waals surface area contributed by atoms with Crippen LogP contribution in [0.25, 0.3) is 0 Å². The van der Waals surface area contributed by atoms with E-state index in [1.807, 2.05) is 0 Å². The van der Waals surface area contributed by atoms with Crippen LogP contribution in [-0.4, -0.2) is 10.9 Å². The first-order valence-corrected chi connectivity index (χ1v) is 6.49. The third-order valence-electron chi connectivity index (χ3n) is 2.20. The number of nitrogens with one attached hydrogen (secondary N) is 1. The van der Waals surface area contributed by atoms with Gasteiger partial charge in [0.1, 0.15) is 0 Å². The number of carbonyl (C=O) groups is 1. The van der Waals surface area contributed by atoms with Crippen molar-refractivity contribution in [2.45, 2.75) is 0 Å². The van der Waals surface area contributed by atoms with Crippen molar-refractivity contribution in [3.63, 3.8) is 0 Å². The molecule has 1 aromatic carbocycles. The molecule has 18 heavy (non-hydrogen) atoms. The van der Waals surface area contributed by atoms with Crippen molar-refractivity contribution in [3.8, 4) is 0 Å². The van der Waals surface area contributed by atoms with E-state index >= 15 is 0 Å². The lowest BCUT2D eigenvalue weighted by Gasteiger charge is -2.07. The van der Waals surface area contributed by atoms with E-state index < -0.39 is 0 Å². The van der Waals surface area contributed by atoms with Gasteiger partial charge in [-0.15, -0.1) is 0 Å². The van der Waals surface area contributed by atoms with Gasteiger partial charge in [-0.05, 0) is 40.2 Å². The smallest absolute Gasteiger partial charge is 0.255 e. The molecule has 0 saturated carbocycles. The number of anilines is 1. The zero-order chi connectivity index (χ0) is 13.1. The molecule has 0 bridgehead atoms. The lowest BCUT2D eigenvalue weighted by atomic mass is 10.2. The monoisotopic (exact) mass is 344 g/mol. The number of rotatable bonds is 2. The summed E-state index contributed by atoms with van der Waals surface area (Å²) in [4.78, 5) is 15.9. The summed E-state index contributed by atoms with van der Waals surface area (Å²) in [6.45, 7) is 0. The van der Waals surface area contributed by atoms with Gasteiger partial charge in [0, 0.05) is 18.0 Å². The number of nitrogens with zero attached hydrogens (tertiary/aromatic N) is 1. The van der Waals surface area contributed by atoms with Crippen LogP contribution in [0.3, 0.4) is 0 Å². The number of pyridine rings is 1. The standard InChI is InChI=1S/C12H7BrCl2N2O/c13-8-6-16-4-3-11(8)17-12(18)7-1-2-9(14)10(15)5-7/h1-6H,(H,16,17,18). The van der Waals surface area contributed by atoms with Gasteiger partial charge in [0.25, 0.3) is 5.91 Å². The van der Waals surface area contributed by atoms with E-state index in [1.54, 1.807) is 30.6 Å². The van der Waals surface area contributed by atoms with Crippen LogP contribution in [0.2, 0.25) is 10.0 Å². The number of halogens is 3. The van der Waals surface area contributed by atoms with Crippen LogP contribution >= 0.6 is 39.1 Å². The minimum absolute atomic E-state index is 0.263. The van der Waals surface area contributed by atoms with E-state index in [9.17, 15) is 4.79 Å². The van der Waals surface area contributed by atoms with E-state index in [-0.39, 0.29) is 5.91 Å². The van der Waals surface area contributed by atoms with E-state index in [4.69, 9.17) is 23.2 Å². The molecular weight excluding hydrogens is 339 g/mol. The molecule has 0 radical (unpaired) electrons. The Morgan fingerprint density at radius 1 is 1.22 bits per heavy atom. The third kappa shape index (κ3) is 3.02. The summed E-state index contributed by atoms with van der Waals surface area (Å²) in [5.74, 6) is -0.263. The molecule has 1 heterocycles. The number of amides is 1. The molecule has 6 heteroatoms. The van der Waals surface area contributed by atoms with E-state index in [0.29, 0.717) is 25.8 Å². The van der Waals surface area contributed by atoms with Crippen LogP contribution in [0.15, 0.2) is 41.1 Å². The highest BCUT2D eigenvalue weighted by Crippen LogP contribution is 2.24. The van der Waals surface area contributed by atoms with Crippen LogP contribution in [0.4, 0.5) is 5.69 Å². The van der Waals surface area contributed by atoms with Crippen LogP contribution in [0, 0.1) is 0 Å². The second-order valence-corrected chi connectivity index (χ2v) is 5.11. The van der Waals surface area contributed by atoms with Crippen LogP contribution < -0.4 is 5.32 Å². The second kappa shape index (κ2) is 5.69. The lowest BCUT2D eigenvalue weighted by Crippen LogP contribution is -2.12. The summed E-state index contributed by atoms with van der Waals surface area (Å²) < 4.78 is 0.707. The van der Waals surface area contributed by atoms with Crippen molar-refractivity contribution in [2.24, 2.45) is 0 Å². The second-order valence-electron chi connectivity index (χ2n) is 3.44. The fraction of sp³-hybridized carbons (Fsp3) is 0. The molecular formula is C12H7BrCl2N2O. The molecule has 0 atom stereocenters. The van der Waals surface area contributed by atoms with Gasteiger partial charge in [-0.3, -0.25) is 9.78 Å². The van der Waals surface area contributed by atoms with Crippen LogP contribution in [0.1, 0.15) is 10.4 Å². The number of hydrogen-bond acceptors (Lipinski definition) is 2. The fourth-order valence-electron chi connectivity index (χ4n) is 1.31. The molecule has 0 saturated heterocycles. The number of benzene rings is 1. The molecule has 0 spiro atoms. The third-order valence-corrected chi connectivity index (χ3v) is 3.57. The summed E-state index contributed by atoms with van der Waals surface area (Å²) in [5, 5.41) is 3.51. The first-order valence-electron chi connectivity index (χ1n) is 4.94. The molecule has 92 valence electrons. The zero-order valence-corrected chi connectivity index (χ0v) is 12.1. The number of carbonyl (C=O) groups excluding carboxylic acids is 1. The van der Waals surface area contributed by atoms with Crippen molar-refractivity contribution in [2.75, 3.05) is 5.32 Å². The predicted molar refractivity (Wildman–Crippen MR) is 76.4 cm³/mol. The van der Waals surface area contributed by atoms with Crippen LogP contribution in [0.5, 0.6) is 0 Å². The van der Waals surface area contributed by atoms with Crippen molar-refractivity contribution >= 4 is 50.7 Å². The molecule has 0 aliphatic heterocycles. The molecule has 0 aliphatic carbocycles. The molecule has 2 aromatic rings. The first kappa shape index (κ1) is 13.3. The quantitative estimate of drug-likeness (QED) is 0.876. The molecule has 3 nitrogen and oxygen atoms in total. The topological polar surface area (TPSA) is 42.0 Å². The zero-order valence-electron chi connectivity index (χ0n) is 8.95. The molecule has 2 rings (SSSR count). The average molecular weight is 346 g/mol. The minimum atomic E-state index is -0.263. The average Bonchev–Trinajstić information content (AvgIpc) is 2.35. The summed E-state index contributed by atoms with van der Waals surface area (Å²) >= 11 is 15.0. The Morgan fingerprint density at radius 2 is 2.00 bits per heavy atom. The van der Waals surface area contributed by atoms with Crippen molar-refractivity contribution in [1.29, 1.82) is 0 Å². The number of hydrogen-bond donors (Lipinski definition) is 1. The minimum Gasteiger partial charge on any atom is -0.321 e. The Morgan fingerprint density at radius 3 is 2.67 bits per heavy atom. The lowest BCUT2D eigenvalue weighted by molar-refractivity contribution is 0.102.